The Kier molecular flexibility index (Phi) is 5.27. The van der Waals surface area contributed by atoms with Crippen LogP contribution in [0.15, 0.2) is 24.3 Å². The molecule has 1 aliphatic rings. The smallest absolute Gasteiger partial charge is 0.225 e. The highest BCUT2D eigenvalue weighted by atomic mass is 16.2. The third-order valence-electron chi connectivity index (χ3n) is 4.35. The fraction of sp³-hybridized carbons (Fsp3) is 0.611. The zero-order valence-electron chi connectivity index (χ0n) is 13.6. The lowest BCUT2D eigenvalue weighted by atomic mass is 9.87. The van der Waals surface area contributed by atoms with Gasteiger partial charge in [0.1, 0.15) is 0 Å². The number of anilines is 1. The Morgan fingerprint density at radius 1 is 1.29 bits per heavy atom. The third-order valence-corrected chi connectivity index (χ3v) is 4.35. The topological polar surface area (TPSA) is 41.1 Å². The Bertz CT molecular complexity index is 484. The molecule has 1 amide bonds. The number of benzene rings is 1. The molecule has 2 rings (SSSR count). The van der Waals surface area contributed by atoms with Crippen LogP contribution in [0.4, 0.5) is 5.69 Å². The molecule has 0 aliphatic carbocycles. The molecule has 1 heterocycles. The van der Waals surface area contributed by atoms with E-state index in [0.717, 1.165) is 19.3 Å². The van der Waals surface area contributed by atoms with E-state index in [1.807, 2.05) is 12.1 Å². The predicted molar refractivity (Wildman–Crippen MR) is 88.4 cm³/mol. The van der Waals surface area contributed by atoms with Crippen molar-refractivity contribution in [3.63, 3.8) is 0 Å². The normalized spacial score (nSPS) is 22.3. The maximum Gasteiger partial charge on any atom is 0.225 e. The minimum Gasteiger partial charge on any atom is -0.382 e. The van der Waals surface area contributed by atoms with Gasteiger partial charge in [0.15, 0.2) is 0 Å². The number of fused-ring (bicyclic) bond motifs is 1. The molecule has 3 nitrogen and oxygen atoms in total. The van der Waals surface area contributed by atoms with Gasteiger partial charge >= 0.3 is 0 Å². The first-order chi connectivity index (χ1) is 9.97. The van der Waals surface area contributed by atoms with Gasteiger partial charge in [-0.3, -0.25) is 4.79 Å². The Balaban J connectivity index is 1.94. The molecule has 0 fully saturated rings. The molecule has 116 valence electrons. The van der Waals surface area contributed by atoms with Gasteiger partial charge in [-0.25, -0.2) is 0 Å². The van der Waals surface area contributed by atoms with Crippen LogP contribution in [0.2, 0.25) is 0 Å². The average Bonchev–Trinajstić information content (AvgIpc) is 2.44. The third kappa shape index (κ3) is 4.23. The van der Waals surface area contributed by atoms with Crippen molar-refractivity contribution >= 4 is 11.6 Å². The molecular weight excluding hydrogens is 260 g/mol. The second kappa shape index (κ2) is 6.97. The predicted octanol–water partition coefficient (Wildman–Crippen LogP) is 3.60. The SMILES string of the molecule is CC(C)CCC(C)NC(=O)C1Cc2ccccc2NC1C. The van der Waals surface area contributed by atoms with Gasteiger partial charge in [0, 0.05) is 17.8 Å². The summed E-state index contributed by atoms with van der Waals surface area (Å²) >= 11 is 0. The highest BCUT2D eigenvalue weighted by Crippen LogP contribution is 2.28. The summed E-state index contributed by atoms with van der Waals surface area (Å²) in [6, 6.07) is 8.70. The van der Waals surface area contributed by atoms with E-state index in [0.29, 0.717) is 5.92 Å². The van der Waals surface area contributed by atoms with Gasteiger partial charge in [0.05, 0.1) is 5.92 Å². The zero-order chi connectivity index (χ0) is 15.4. The number of para-hydroxylation sites is 1. The molecule has 0 bridgehead atoms. The van der Waals surface area contributed by atoms with Crippen LogP contribution in [-0.2, 0) is 11.2 Å². The lowest BCUT2D eigenvalue weighted by Crippen LogP contribution is -2.46. The number of rotatable bonds is 5. The fourth-order valence-corrected chi connectivity index (χ4v) is 2.92. The van der Waals surface area contributed by atoms with Crippen molar-refractivity contribution < 1.29 is 4.79 Å². The van der Waals surface area contributed by atoms with E-state index < -0.39 is 0 Å². The van der Waals surface area contributed by atoms with Crippen molar-refractivity contribution in [1.82, 2.24) is 5.32 Å². The van der Waals surface area contributed by atoms with Gasteiger partial charge in [-0.1, -0.05) is 32.0 Å². The summed E-state index contributed by atoms with van der Waals surface area (Å²) < 4.78 is 0. The van der Waals surface area contributed by atoms with Gasteiger partial charge in [-0.05, 0) is 50.7 Å². The standard InChI is InChI=1S/C18H28N2O/c1-12(2)9-10-13(3)19-18(21)16-11-15-7-5-6-8-17(15)20-14(16)4/h5-8,12-14,16,20H,9-11H2,1-4H3,(H,19,21). The van der Waals surface area contributed by atoms with Crippen LogP contribution in [0.3, 0.4) is 0 Å². The minimum atomic E-state index is 0.0152. The van der Waals surface area contributed by atoms with Gasteiger partial charge in [-0.15, -0.1) is 0 Å². The highest BCUT2D eigenvalue weighted by molar-refractivity contribution is 5.81. The molecule has 1 aliphatic heterocycles. The van der Waals surface area contributed by atoms with Crippen molar-refractivity contribution in [2.24, 2.45) is 11.8 Å². The van der Waals surface area contributed by atoms with E-state index in [2.05, 4.69) is 50.5 Å². The Morgan fingerprint density at radius 3 is 2.71 bits per heavy atom. The largest absolute Gasteiger partial charge is 0.382 e. The van der Waals surface area contributed by atoms with Crippen LogP contribution in [0.5, 0.6) is 0 Å². The first kappa shape index (κ1) is 15.9. The van der Waals surface area contributed by atoms with Crippen LogP contribution in [0.25, 0.3) is 0 Å². The lowest BCUT2D eigenvalue weighted by Gasteiger charge is -2.32. The summed E-state index contributed by atoms with van der Waals surface area (Å²) in [5.74, 6) is 0.883. The quantitative estimate of drug-likeness (QED) is 0.869. The number of hydrogen-bond donors (Lipinski definition) is 2. The molecule has 0 saturated carbocycles. The molecule has 2 N–H and O–H groups in total. The van der Waals surface area contributed by atoms with Crippen LogP contribution in [0, 0.1) is 11.8 Å². The van der Waals surface area contributed by atoms with Gasteiger partial charge in [0.2, 0.25) is 5.91 Å². The highest BCUT2D eigenvalue weighted by Gasteiger charge is 2.30. The molecule has 0 aromatic heterocycles. The molecular formula is C18H28N2O. The van der Waals surface area contributed by atoms with Crippen molar-refractivity contribution in [3.8, 4) is 0 Å². The molecule has 0 saturated heterocycles. The van der Waals surface area contributed by atoms with Crippen LogP contribution in [-0.4, -0.2) is 18.0 Å². The van der Waals surface area contributed by atoms with Crippen molar-refractivity contribution in [3.05, 3.63) is 29.8 Å². The number of hydrogen-bond acceptors (Lipinski definition) is 2. The van der Waals surface area contributed by atoms with Crippen molar-refractivity contribution in [2.75, 3.05) is 5.32 Å². The van der Waals surface area contributed by atoms with E-state index >= 15 is 0 Å². The summed E-state index contributed by atoms with van der Waals surface area (Å²) in [7, 11) is 0. The lowest BCUT2D eigenvalue weighted by molar-refractivity contribution is -0.126. The molecule has 3 atom stereocenters. The van der Waals surface area contributed by atoms with Crippen LogP contribution >= 0.6 is 0 Å². The van der Waals surface area contributed by atoms with Gasteiger partial charge in [0.25, 0.3) is 0 Å². The Morgan fingerprint density at radius 2 is 2.00 bits per heavy atom. The number of carbonyl (C=O) groups excluding carboxylic acids is 1. The van der Waals surface area contributed by atoms with E-state index in [-0.39, 0.29) is 23.9 Å². The van der Waals surface area contributed by atoms with Gasteiger partial charge < -0.3 is 10.6 Å². The molecule has 0 radical (unpaired) electrons. The number of carbonyl (C=O) groups is 1. The molecule has 21 heavy (non-hydrogen) atoms. The minimum absolute atomic E-state index is 0.0152. The van der Waals surface area contributed by atoms with E-state index in [4.69, 9.17) is 0 Å². The second-order valence-corrected chi connectivity index (χ2v) is 6.78. The molecule has 3 unspecified atom stereocenters. The van der Waals surface area contributed by atoms with Crippen molar-refractivity contribution in [2.45, 2.75) is 59.0 Å². The number of nitrogens with one attached hydrogen (secondary N) is 2. The van der Waals surface area contributed by atoms with E-state index in [9.17, 15) is 4.79 Å². The fourth-order valence-electron chi connectivity index (χ4n) is 2.92. The monoisotopic (exact) mass is 288 g/mol. The summed E-state index contributed by atoms with van der Waals surface area (Å²) in [6.45, 7) is 8.64. The summed E-state index contributed by atoms with van der Waals surface area (Å²) in [6.07, 6.45) is 3.03. The average molecular weight is 288 g/mol. The molecule has 1 aromatic carbocycles. The number of amides is 1. The Labute approximate surface area is 128 Å². The van der Waals surface area contributed by atoms with Crippen LogP contribution in [0.1, 0.15) is 46.1 Å². The van der Waals surface area contributed by atoms with E-state index in [1.54, 1.807) is 0 Å². The maximum atomic E-state index is 12.5. The van der Waals surface area contributed by atoms with Crippen LogP contribution < -0.4 is 10.6 Å². The van der Waals surface area contributed by atoms with Crippen molar-refractivity contribution in [1.29, 1.82) is 0 Å². The second-order valence-electron chi connectivity index (χ2n) is 6.78. The van der Waals surface area contributed by atoms with E-state index in [1.165, 1.54) is 11.3 Å². The maximum absolute atomic E-state index is 12.5. The van der Waals surface area contributed by atoms with Gasteiger partial charge in [-0.2, -0.15) is 0 Å². The zero-order valence-corrected chi connectivity index (χ0v) is 13.6. The molecule has 3 heteroatoms. The summed E-state index contributed by atoms with van der Waals surface area (Å²) in [4.78, 5) is 12.5. The molecule has 0 spiro atoms. The summed E-state index contributed by atoms with van der Waals surface area (Å²) in [5, 5.41) is 6.64. The summed E-state index contributed by atoms with van der Waals surface area (Å²) in [5.41, 5.74) is 2.41. The first-order valence-electron chi connectivity index (χ1n) is 8.12. The first-order valence-corrected chi connectivity index (χ1v) is 8.12. The molecule has 1 aromatic rings. The Hall–Kier alpha value is -1.51.